The topological polar surface area (TPSA) is 78.7 Å². The number of rotatable bonds is 4. The van der Waals surface area contributed by atoms with Gasteiger partial charge in [0.1, 0.15) is 5.60 Å². The van der Waals surface area contributed by atoms with Crippen molar-refractivity contribution in [1.82, 2.24) is 0 Å². The van der Waals surface area contributed by atoms with E-state index in [-0.39, 0.29) is 11.4 Å². The summed E-state index contributed by atoms with van der Waals surface area (Å²) >= 11 is 0. The fourth-order valence-corrected chi connectivity index (χ4v) is 1.23. The maximum Gasteiger partial charge on any atom is 0.344 e. The number of nitro groups is 1. The Kier molecular flexibility index (Phi) is 4.42. The van der Waals surface area contributed by atoms with Crippen molar-refractivity contribution in [2.75, 3.05) is 6.61 Å². The molecule has 0 saturated heterocycles. The smallest absolute Gasteiger partial charge is 0.344 e. The zero-order chi connectivity index (χ0) is 14.6. The quantitative estimate of drug-likeness (QED) is 0.477. The molecule has 0 aliphatic rings. The summed E-state index contributed by atoms with van der Waals surface area (Å²) in [5, 5.41) is 10.4. The van der Waals surface area contributed by atoms with Crippen molar-refractivity contribution in [3.63, 3.8) is 0 Å². The standard InChI is InChI=1S/C12H14FNO5/c1-12(2,3)19-11(15)7-18-10-5-4-8(14(16)17)6-9(10)13/h4-6H,7H2,1-3H3. The molecule has 6 nitrogen and oxygen atoms in total. The highest BCUT2D eigenvalue weighted by atomic mass is 19.1. The van der Waals surface area contributed by atoms with Crippen LogP contribution in [0, 0.1) is 15.9 Å². The number of esters is 1. The molecule has 0 N–H and O–H groups in total. The van der Waals surface area contributed by atoms with Gasteiger partial charge in [-0.2, -0.15) is 0 Å². The maximum absolute atomic E-state index is 13.4. The van der Waals surface area contributed by atoms with E-state index in [1.54, 1.807) is 20.8 Å². The largest absolute Gasteiger partial charge is 0.479 e. The molecule has 0 amide bonds. The average Bonchev–Trinajstić information content (AvgIpc) is 2.24. The molecule has 0 unspecified atom stereocenters. The van der Waals surface area contributed by atoms with E-state index in [0.717, 1.165) is 18.2 Å². The second kappa shape index (κ2) is 5.64. The second-order valence-corrected chi connectivity index (χ2v) is 4.75. The van der Waals surface area contributed by atoms with Crippen molar-refractivity contribution in [3.05, 3.63) is 34.1 Å². The number of benzene rings is 1. The molecule has 104 valence electrons. The third-order valence-electron chi connectivity index (χ3n) is 1.89. The Morgan fingerprint density at radius 2 is 2.05 bits per heavy atom. The van der Waals surface area contributed by atoms with Crippen LogP contribution in [0.1, 0.15) is 20.8 Å². The molecule has 0 aliphatic carbocycles. The Labute approximate surface area is 109 Å². The minimum atomic E-state index is -0.905. The van der Waals surface area contributed by atoms with Crippen LogP contribution < -0.4 is 4.74 Å². The first kappa shape index (κ1) is 14.9. The summed E-state index contributed by atoms with van der Waals surface area (Å²) in [5.41, 5.74) is -1.05. The average molecular weight is 271 g/mol. The van der Waals surface area contributed by atoms with Crippen molar-refractivity contribution in [2.24, 2.45) is 0 Å². The SMILES string of the molecule is CC(C)(C)OC(=O)COc1ccc([N+](=O)[O-])cc1F. The van der Waals surface area contributed by atoms with Crippen molar-refractivity contribution < 1.29 is 23.6 Å². The first-order chi connectivity index (χ1) is 8.69. The van der Waals surface area contributed by atoms with Crippen LogP contribution in [0.25, 0.3) is 0 Å². The van der Waals surface area contributed by atoms with E-state index >= 15 is 0 Å². The third kappa shape index (κ3) is 4.90. The molecule has 1 rings (SSSR count). The van der Waals surface area contributed by atoms with Gasteiger partial charge in [-0.1, -0.05) is 0 Å². The lowest BCUT2D eigenvalue weighted by Gasteiger charge is -2.19. The maximum atomic E-state index is 13.4. The summed E-state index contributed by atoms with van der Waals surface area (Å²) in [6, 6.07) is 2.91. The Bertz CT molecular complexity index is 495. The number of nitro benzene ring substituents is 1. The molecule has 0 fully saturated rings. The van der Waals surface area contributed by atoms with Gasteiger partial charge in [0.2, 0.25) is 0 Å². The van der Waals surface area contributed by atoms with Crippen molar-refractivity contribution in [3.8, 4) is 5.75 Å². The Balaban J connectivity index is 2.64. The zero-order valence-electron chi connectivity index (χ0n) is 10.8. The Morgan fingerprint density at radius 3 is 2.53 bits per heavy atom. The van der Waals surface area contributed by atoms with Crippen LogP contribution in [0.3, 0.4) is 0 Å². The highest BCUT2D eigenvalue weighted by Crippen LogP contribution is 2.22. The van der Waals surface area contributed by atoms with E-state index < -0.39 is 28.9 Å². The number of hydrogen-bond donors (Lipinski definition) is 0. The van der Waals surface area contributed by atoms with Crippen LogP contribution in [0.4, 0.5) is 10.1 Å². The first-order valence-electron chi connectivity index (χ1n) is 5.47. The highest BCUT2D eigenvalue weighted by molar-refractivity contribution is 5.71. The Morgan fingerprint density at radius 1 is 1.42 bits per heavy atom. The molecule has 0 bridgehead atoms. The van der Waals surface area contributed by atoms with Crippen LogP contribution >= 0.6 is 0 Å². The lowest BCUT2D eigenvalue weighted by atomic mass is 10.2. The number of carbonyl (C=O) groups excluding carboxylic acids is 1. The number of non-ortho nitro benzene ring substituents is 1. The zero-order valence-corrected chi connectivity index (χ0v) is 10.8. The fraction of sp³-hybridized carbons (Fsp3) is 0.417. The predicted octanol–water partition coefficient (Wildman–Crippen LogP) is 2.45. The summed E-state index contributed by atoms with van der Waals surface area (Å²) in [4.78, 5) is 21.0. The lowest BCUT2D eigenvalue weighted by molar-refractivity contribution is -0.385. The summed E-state index contributed by atoms with van der Waals surface area (Å²) in [5.74, 6) is -1.79. The number of halogens is 1. The summed E-state index contributed by atoms with van der Waals surface area (Å²) in [6.07, 6.45) is 0. The fourth-order valence-electron chi connectivity index (χ4n) is 1.23. The number of ether oxygens (including phenoxy) is 2. The normalized spacial score (nSPS) is 10.9. The van der Waals surface area contributed by atoms with Gasteiger partial charge in [-0.05, 0) is 26.8 Å². The van der Waals surface area contributed by atoms with Crippen LogP contribution in [0.5, 0.6) is 5.75 Å². The molecular formula is C12H14FNO5. The molecule has 19 heavy (non-hydrogen) atoms. The predicted molar refractivity (Wildman–Crippen MR) is 64.4 cm³/mol. The molecule has 0 atom stereocenters. The van der Waals surface area contributed by atoms with Gasteiger partial charge in [0.05, 0.1) is 11.0 Å². The number of hydrogen-bond acceptors (Lipinski definition) is 5. The van der Waals surface area contributed by atoms with Gasteiger partial charge in [-0.15, -0.1) is 0 Å². The first-order valence-corrected chi connectivity index (χ1v) is 5.47. The summed E-state index contributed by atoms with van der Waals surface area (Å²) in [7, 11) is 0. The van der Waals surface area contributed by atoms with E-state index in [4.69, 9.17) is 9.47 Å². The summed E-state index contributed by atoms with van der Waals surface area (Å²) in [6.45, 7) is 4.61. The van der Waals surface area contributed by atoms with Gasteiger partial charge >= 0.3 is 5.97 Å². The molecule has 7 heteroatoms. The Hall–Kier alpha value is -2.18. The van der Waals surface area contributed by atoms with Crippen LogP contribution in [-0.4, -0.2) is 23.1 Å². The van der Waals surface area contributed by atoms with Crippen molar-refractivity contribution in [2.45, 2.75) is 26.4 Å². The van der Waals surface area contributed by atoms with E-state index in [1.165, 1.54) is 0 Å². The number of carbonyl (C=O) groups is 1. The van der Waals surface area contributed by atoms with E-state index in [2.05, 4.69) is 0 Å². The molecule has 0 heterocycles. The van der Waals surface area contributed by atoms with Gasteiger partial charge in [-0.3, -0.25) is 10.1 Å². The van der Waals surface area contributed by atoms with Crippen LogP contribution in [0.2, 0.25) is 0 Å². The number of nitrogens with zero attached hydrogens (tertiary/aromatic N) is 1. The van der Waals surface area contributed by atoms with Gasteiger partial charge in [0.25, 0.3) is 5.69 Å². The monoisotopic (exact) mass is 271 g/mol. The van der Waals surface area contributed by atoms with Gasteiger partial charge in [0, 0.05) is 6.07 Å². The van der Waals surface area contributed by atoms with Crippen LogP contribution in [-0.2, 0) is 9.53 Å². The van der Waals surface area contributed by atoms with Gasteiger partial charge in [-0.25, -0.2) is 9.18 Å². The molecule has 0 radical (unpaired) electrons. The van der Waals surface area contributed by atoms with Gasteiger partial charge < -0.3 is 9.47 Å². The highest BCUT2D eigenvalue weighted by Gasteiger charge is 2.18. The van der Waals surface area contributed by atoms with E-state index in [9.17, 15) is 19.3 Å². The van der Waals surface area contributed by atoms with Crippen LogP contribution in [0.15, 0.2) is 18.2 Å². The third-order valence-corrected chi connectivity index (χ3v) is 1.89. The molecule has 0 saturated carbocycles. The van der Waals surface area contributed by atoms with E-state index in [0.29, 0.717) is 0 Å². The van der Waals surface area contributed by atoms with Crippen molar-refractivity contribution >= 4 is 11.7 Å². The molecule has 1 aromatic rings. The van der Waals surface area contributed by atoms with Gasteiger partial charge in [0.15, 0.2) is 18.2 Å². The molecule has 0 aliphatic heterocycles. The summed E-state index contributed by atoms with van der Waals surface area (Å²) < 4.78 is 23.3. The molecule has 0 spiro atoms. The molecule has 1 aromatic carbocycles. The van der Waals surface area contributed by atoms with E-state index in [1.807, 2.05) is 0 Å². The lowest BCUT2D eigenvalue weighted by Crippen LogP contribution is -2.27. The van der Waals surface area contributed by atoms with Crippen molar-refractivity contribution in [1.29, 1.82) is 0 Å². The minimum Gasteiger partial charge on any atom is -0.479 e. The second-order valence-electron chi connectivity index (χ2n) is 4.75. The molecule has 0 aromatic heterocycles. The molecular weight excluding hydrogens is 257 g/mol. The minimum absolute atomic E-state index is 0.239.